The highest BCUT2D eigenvalue weighted by Gasteiger charge is 2.25. The van der Waals surface area contributed by atoms with Crippen LogP contribution < -0.4 is 10.6 Å². The van der Waals surface area contributed by atoms with Crippen molar-refractivity contribution in [3.8, 4) is 0 Å². The molecule has 112 valence electrons. The topological polar surface area (TPSA) is 55.0 Å². The fraction of sp³-hybridized carbons (Fsp3) is 0.529. The first-order valence-corrected chi connectivity index (χ1v) is 7.94. The zero-order valence-corrected chi connectivity index (χ0v) is 12.9. The summed E-state index contributed by atoms with van der Waals surface area (Å²) in [5, 5.41) is 1.09. The molecule has 0 atom stereocenters. The molecule has 1 aliphatic rings. The average Bonchev–Trinajstić information content (AvgIpc) is 2.53. The molecule has 0 amide bonds. The summed E-state index contributed by atoms with van der Waals surface area (Å²) < 4.78 is 0. The number of nitrogen functional groups attached to an aromatic ring is 1. The molecule has 0 spiro atoms. The van der Waals surface area contributed by atoms with Gasteiger partial charge in [-0.1, -0.05) is 25.5 Å². The standard InChI is InChI=1S/C17H24N4/c1-3-12-8-10-13(11-9-12)21(2)16-14-6-4-5-7-15(14)19-17(18)20-16/h4-7,12-13H,3,8-11H2,1-2H3,(H2,18,19,20). The van der Waals surface area contributed by atoms with Crippen LogP contribution in [0.15, 0.2) is 24.3 Å². The second kappa shape index (κ2) is 5.88. The van der Waals surface area contributed by atoms with Crippen LogP contribution in [0.5, 0.6) is 0 Å². The Labute approximate surface area is 126 Å². The summed E-state index contributed by atoms with van der Waals surface area (Å²) in [4.78, 5) is 11.1. The van der Waals surface area contributed by atoms with E-state index in [1.54, 1.807) is 0 Å². The minimum Gasteiger partial charge on any atom is -0.368 e. The molecule has 1 aromatic heterocycles. The van der Waals surface area contributed by atoms with E-state index < -0.39 is 0 Å². The summed E-state index contributed by atoms with van der Waals surface area (Å²) in [6, 6.07) is 8.67. The van der Waals surface area contributed by atoms with Crippen LogP contribution in [-0.2, 0) is 0 Å². The number of anilines is 2. The lowest BCUT2D eigenvalue weighted by atomic mass is 9.84. The molecule has 4 heteroatoms. The number of aromatic nitrogens is 2. The van der Waals surface area contributed by atoms with Crippen LogP contribution in [0.4, 0.5) is 11.8 Å². The summed E-state index contributed by atoms with van der Waals surface area (Å²) in [6.07, 6.45) is 6.44. The molecule has 21 heavy (non-hydrogen) atoms. The fourth-order valence-corrected chi connectivity index (χ4v) is 3.46. The molecule has 1 aromatic carbocycles. The highest BCUT2D eigenvalue weighted by atomic mass is 15.2. The molecule has 2 N–H and O–H groups in total. The van der Waals surface area contributed by atoms with Crippen LogP contribution >= 0.6 is 0 Å². The lowest BCUT2D eigenvalue weighted by molar-refractivity contribution is 0.313. The smallest absolute Gasteiger partial charge is 0.222 e. The van der Waals surface area contributed by atoms with Crippen LogP contribution in [-0.4, -0.2) is 23.1 Å². The summed E-state index contributed by atoms with van der Waals surface area (Å²) in [7, 11) is 2.14. The lowest BCUT2D eigenvalue weighted by Crippen LogP contribution is -2.36. The van der Waals surface area contributed by atoms with Crippen LogP contribution in [0.1, 0.15) is 39.0 Å². The Bertz CT molecular complexity index is 617. The molecule has 1 fully saturated rings. The molecule has 3 rings (SSSR count). The van der Waals surface area contributed by atoms with E-state index in [1.807, 2.05) is 18.2 Å². The largest absolute Gasteiger partial charge is 0.368 e. The monoisotopic (exact) mass is 284 g/mol. The first-order valence-electron chi connectivity index (χ1n) is 7.94. The first-order chi connectivity index (χ1) is 10.2. The third-order valence-corrected chi connectivity index (χ3v) is 4.88. The number of nitrogens with two attached hydrogens (primary N) is 1. The van der Waals surface area contributed by atoms with Gasteiger partial charge in [-0.15, -0.1) is 0 Å². The second-order valence-electron chi connectivity index (χ2n) is 6.12. The van der Waals surface area contributed by atoms with Crippen LogP contribution in [0, 0.1) is 5.92 Å². The van der Waals surface area contributed by atoms with Gasteiger partial charge in [0.15, 0.2) is 0 Å². The van der Waals surface area contributed by atoms with Gasteiger partial charge in [-0.2, -0.15) is 4.98 Å². The highest BCUT2D eigenvalue weighted by molar-refractivity contribution is 5.90. The summed E-state index contributed by atoms with van der Waals surface area (Å²) in [5.74, 6) is 2.23. The minimum absolute atomic E-state index is 0.359. The summed E-state index contributed by atoms with van der Waals surface area (Å²) >= 11 is 0. The molecule has 0 saturated heterocycles. The molecule has 0 unspecified atom stereocenters. The molecule has 0 aliphatic heterocycles. The predicted molar refractivity (Wildman–Crippen MR) is 88.4 cm³/mol. The number of fused-ring (bicyclic) bond motifs is 1. The zero-order chi connectivity index (χ0) is 14.8. The number of para-hydroxylation sites is 1. The van der Waals surface area contributed by atoms with Gasteiger partial charge in [0.05, 0.1) is 5.52 Å². The maximum atomic E-state index is 5.89. The van der Waals surface area contributed by atoms with Gasteiger partial charge in [0, 0.05) is 18.5 Å². The Morgan fingerprint density at radius 3 is 2.57 bits per heavy atom. The third kappa shape index (κ3) is 2.80. The van der Waals surface area contributed by atoms with Gasteiger partial charge in [-0.05, 0) is 43.7 Å². The van der Waals surface area contributed by atoms with Crippen molar-refractivity contribution in [3.63, 3.8) is 0 Å². The van der Waals surface area contributed by atoms with E-state index >= 15 is 0 Å². The molecule has 0 bridgehead atoms. The Morgan fingerprint density at radius 2 is 1.86 bits per heavy atom. The van der Waals surface area contributed by atoms with Gasteiger partial charge in [-0.25, -0.2) is 4.98 Å². The molecule has 1 aliphatic carbocycles. The van der Waals surface area contributed by atoms with E-state index in [-0.39, 0.29) is 0 Å². The Kier molecular flexibility index (Phi) is 3.95. The van der Waals surface area contributed by atoms with E-state index in [0.29, 0.717) is 12.0 Å². The van der Waals surface area contributed by atoms with Crippen molar-refractivity contribution in [2.75, 3.05) is 17.7 Å². The fourth-order valence-electron chi connectivity index (χ4n) is 3.46. The summed E-state index contributed by atoms with van der Waals surface area (Å²) in [5.41, 5.74) is 6.81. The number of hydrogen-bond acceptors (Lipinski definition) is 4. The molecular formula is C17H24N4. The van der Waals surface area contributed by atoms with E-state index in [9.17, 15) is 0 Å². The first kappa shape index (κ1) is 14.1. The molecule has 1 heterocycles. The van der Waals surface area contributed by atoms with E-state index in [1.165, 1.54) is 32.1 Å². The number of rotatable bonds is 3. The van der Waals surface area contributed by atoms with Crippen molar-refractivity contribution in [3.05, 3.63) is 24.3 Å². The van der Waals surface area contributed by atoms with Crippen LogP contribution in [0.2, 0.25) is 0 Å². The normalized spacial score (nSPS) is 22.4. The average molecular weight is 284 g/mol. The summed E-state index contributed by atoms with van der Waals surface area (Å²) in [6.45, 7) is 2.30. The van der Waals surface area contributed by atoms with Gasteiger partial charge in [0.25, 0.3) is 0 Å². The van der Waals surface area contributed by atoms with Crippen molar-refractivity contribution in [2.24, 2.45) is 5.92 Å². The van der Waals surface area contributed by atoms with E-state index in [4.69, 9.17) is 5.73 Å². The maximum Gasteiger partial charge on any atom is 0.222 e. The van der Waals surface area contributed by atoms with E-state index in [0.717, 1.165) is 22.6 Å². The van der Waals surface area contributed by atoms with Gasteiger partial charge in [0.2, 0.25) is 5.95 Å². The predicted octanol–water partition coefficient (Wildman–Crippen LogP) is 3.62. The molecule has 4 nitrogen and oxygen atoms in total. The minimum atomic E-state index is 0.359. The quantitative estimate of drug-likeness (QED) is 0.935. The van der Waals surface area contributed by atoms with Crippen molar-refractivity contribution in [1.82, 2.24) is 9.97 Å². The van der Waals surface area contributed by atoms with Gasteiger partial charge >= 0.3 is 0 Å². The van der Waals surface area contributed by atoms with Gasteiger partial charge in [-0.3, -0.25) is 0 Å². The Hall–Kier alpha value is -1.84. The number of benzene rings is 1. The van der Waals surface area contributed by atoms with Crippen molar-refractivity contribution in [2.45, 2.75) is 45.1 Å². The van der Waals surface area contributed by atoms with Crippen molar-refractivity contribution >= 4 is 22.7 Å². The Morgan fingerprint density at radius 1 is 1.14 bits per heavy atom. The molecule has 2 aromatic rings. The maximum absolute atomic E-state index is 5.89. The second-order valence-corrected chi connectivity index (χ2v) is 6.12. The number of nitrogens with zero attached hydrogens (tertiary/aromatic N) is 3. The van der Waals surface area contributed by atoms with Gasteiger partial charge < -0.3 is 10.6 Å². The molecule has 1 saturated carbocycles. The SMILES string of the molecule is CCC1CCC(N(C)c2nc(N)nc3ccccc23)CC1. The number of hydrogen-bond donors (Lipinski definition) is 1. The molecular weight excluding hydrogens is 260 g/mol. The Balaban J connectivity index is 1.89. The molecule has 0 radical (unpaired) electrons. The van der Waals surface area contributed by atoms with Crippen LogP contribution in [0.3, 0.4) is 0 Å². The van der Waals surface area contributed by atoms with Crippen molar-refractivity contribution in [1.29, 1.82) is 0 Å². The third-order valence-electron chi connectivity index (χ3n) is 4.88. The highest BCUT2D eigenvalue weighted by Crippen LogP contribution is 2.33. The van der Waals surface area contributed by atoms with Gasteiger partial charge in [0.1, 0.15) is 5.82 Å². The van der Waals surface area contributed by atoms with Crippen molar-refractivity contribution < 1.29 is 0 Å². The van der Waals surface area contributed by atoms with E-state index in [2.05, 4.69) is 34.9 Å². The van der Waals surface area contributed by atoms with Crippen LogP contribution in [0.25, 0.3) is 10.9 Å². The lowest BCUT2D eigenvalue weighted by Gasteiger charge is -2.35. The zero-order valence-electron chi connectivity index (χ0n) is 12.9.